The van der Waals surface area contributed by atoms with Crippen LogP contribution in [-0.2, 0) is 11.3 Å². The first-order chi connectivity index (χ1) is 15.2. The number of benzene rings is 1. The van der Waals surface area contributed by atoms with Gasteiger partial charge in [-0.3, -0.25) is 9.59 Å². The maximum Gasteiger partial charge on any atom is 0.269 e. The summed E-state index contributed by atoms with van der Waals surface area (Å²) in [5, 5.41) is 7.50. The third kappa shape index (κ3) is 5.94. The van der Waals surface area contributed by atoms with Crippen molar-refractivity contribution >= 4 is 11.6 Å². The second-order valence-electron chi connectivity index (χ2n) is 8.65. The van der Waals surface area contributed by atoms with E-state index in [1.807, 2.05) is 30.3 Å². The van der Waals surface area contributed by atoms with Crippen molar-refractivity contribution < 1.29 is 4.79 Å². The van der Waals surface area contributed by atoms with Crippen molar-refractivity contribution in [2.45, 2.75) is 38.6 Å². The normalized spacial score (nSPS) is 18.1. The fourth-order valence-electron chi connectivity index (χ4n) is 4.54. The fourth-order valence-corrected chi connectivity index (χ4v) is 4.54. The van der Waals surface area contributed by atoms with Crippen molar-refractivity contribution in [3.05, 3.63) is 58.5 Å². The zero-order chi connectivity index (χ0) is 21.5. The van der Waals surface area contributed by atoms with Crippen LogP contribution in [-0.4, -0.2) is 59.9 Å². The molecule has 3 heterocycles. The van der Waals surface area contributed by atoms with Gasteiger partial charge in [0.15, 0.2) is 0 Å². The molecule has 1 N–H and O–H groups in total. The molecular weight excluding hydrogens is 390 g/mol. The van der Waals surface area contributed by atoms with Crippen molar-refractivity contribution in [3.63, 3.8) is 0 Å². The van der Waals surface area contributed by atoms with Crippen LogP contribution in [0, 0.1) is 5.92 Å². The Morgan fingerprint density at radius 1 is 1.03 bits per heavy atom. The molecule has 2 aliphatic heterocycles. The molecule has 0 bridgehead atoms. The standard InChI is InChI=1S/C24H33N5O2/c30-23-17-22(18-26-29(23)19-20-7-3-1-4-8-20)28-14-9-21(10-15-28)24(31)25-11-16-27-12-5-2-6-13-27/h1,3-4,7-8,17-18,21H,2,5-6,9-16,19H2,(H,25,31). The number of carbonyl (C=O) groups excluding carboxylic acids is 1. The second-order valence-corrected chi connectivity index (χ2v) is 8.65. The molecule has 31 heavy (non-hydrogen) atoms. The van der Waals surface area contributed by atoms with E-state index < -0.39 is 0 Å². The van der Waals surface area contributed by atoms with Gasteiger partial charge in [-0.15, -0.1) is 0 Å². The maximum atomic E-state index is 12.5. The van der Waals surface area contributed by atoms with Gasteiger partial charge in [-0.2, -0.15) is 5.10 Å². The number of nitrogens with one attached hydrogen (secondary N) is 1. The topological polar surface area (TPSA) is 70.5 Å². The SMILES string of the molecule is O=C(NCCN1CCCCC1)C1CCN(c2cnn(Cc3ccccc3)c(=O)c2)CC1. The van der Waals surface area contributed by atoms with Crippen LogP contribution in [0.3, 0.4) is 0 Å². The van der Waals surface area contributed by atoms with Gasteiger partial charge in [-0.1, -0.05) is 36.8 Å². The number of rotatable bonds is 7. The molecule has 0 unspecified atom stereocenters. The van der Waals surface area contributed by atoms with Gasteiger partial charge in [0.05, 0.1) is 18.4 Å². The molecule has 7 heteroatoms. The zero-order valence-electron chi connectivity index (χ0n) is 18.2. The van der Waals surface area contributed by atoms with Crippen molar-refractivity contribution in [1.82, 2.24) is 20.0 Å². The minimum atomic E-state index is -0.0982. The molecule has 0 saturated carbocycles. The molecule has 2 aromatic rings. The molecule has 2 saturated heterocycles. The van der Waals surface area contributed by atoms with E-state index in [1.54, 1.807) is 12.3 Å². The van der Waals surface area contributed by atoms with E-state index >= 15 is 0 Å². The maximum absolute atomic E-state index is 12.5. The number of hydrogen-bond acceptors (Lipinski definition) is 5. The predicted octanol–water partition coefficient (Wildman–Crippen LogP) is 2.11. The molecule has 2 aliphatic rings. The van der Waals surface area contributed by atoms with Crippen LogP contribution in [0.1, 0.15) is 37.7 Å². The van der Waals surface area contributed by atoms with Crippen LogP contribution in [0.15, 0.2) is 47.4 Å². The van der Waals surface area contributed by atoms with Crippen LogP contribution in [0.2, 0.25) is 0 Å². The summed E-state index contributed by atoms with van der Waals surface area (Å²) in [6, 6.07) is 11.5. The van der Waals surface area contributed by atoms with Gasteiger partial charge in [0.1, 0.15) is 0 Å². The molecule has 7 nitrogen and oxygen atoms in total. The first-order valence-corrected chi connectivity index (χ1v) is 11.6. The average molecular weight is 424 g/mol. The Morgan fingerprint density at radius 2 is 1.77 bits per heavy atom. The first-order valence-electron chi connectivity index (χ1n) is 11.6. The van der Waals surface area contributed by atoms with Crippen molar-refractivity contribution in [2.75, 3.05) is 44.2 Å². The van der Waals surface area contributed by atoms with Crippen LogP contribution < -0.4 is 15.8 Å². The molecule has 1 aromatic carbocycles. The Kier molecular flexibility index (Phi) is 7.35. The highest BCUT2D eigenvalue weighted by atomic mass is 16.2. The zero-order valence-corrected chi connectivity index (χ0v) is 18.2. The number of anilines is 1. The summed E-state index contributed by atoms with van der Waals surface area (Å²) in [5.74, 6) is 0.233. The molecule has 0 spiro atoms. The minimum absolute atomic E-state index is 0.0593. The van der Waals surface area contributed by atoms with E-state index in [2.05, 4.69) is 20.2 Å². The lowest BCUT2D eigenvalue weighted by atomic mass is 9.95. The molecule has 166 valence electrons. The van der Waals surface area contributed by atoms with E-state index in [4.69, 9.17) is 0 Å². The number of amides is 1. The van der Waals surface area contributed by atoms with Crippen molar-refractivity contribution in [2.24, 2.45) is 5.92 Å². The summed E-state index contributed by atoms with van der Waals surface area (Å²) in [7, 11) is 0. The first kappa shape index (κ1) is 21.6. The van der Waals surface area contributed by atoms with Gasteiger partial charge < -0.3 is 15.1 Å². The largest absolute Gasteiger partial charge is 0.370 e. The molecule has 0 radical (unpaired) electrons. The van der Waals surface area contributed by atoms with Gasteiger partial charge in [0.25, 0.3) is 5.56 Å². The number of hydrogen-bond donors (Lipinski definition) is 1. The van der Waals surface area contributed by atoms with E-state index in [-0.39, 0.29) is 17.4 Å². The minimum Gasteiger partial charge on any atom is -0.370 e. The van der Waals surface area contributed by atoms with Gasteiger partial charge in [-0.05, 0) is 44.3 Å². The highest BCUT2D eigenvalue weighted by Crippen LogP contribution is 2.22. The van der Waals surface area contributed by atoms with E-state index in [1.165, 1.54) is 23.9 Å². The Morgan fingerprint density at radius 3 is 2.48 bits per heavy atom. The van der Waals surface area contributed by atoms with E-state index in [0.29, 0.717) is 6.54 Å². The fraction of sp³-hybridized carbons (Fsp3) is 0.542. The van der Waals surface area contributed by atoms with Crippen LogP contribution in [0.25, 0.3) is 0 Å². The average Bonchev–Trinajstić information content (AvgIpc) is 2.82. The summed E-state index contributed by atoms with van der Waals surface area (Å²) in [6.45, 7) is 6.03. The highest BCUT2D eigenvalue weighted by Gasteiger charge is 2.25. The van der Waals surface area contributed by atoms with Crippen molar-refractivity contribution in [1.29, 1.82) is 0 Å². The molecular formula is C24H33N5O2. The quantitative estimate of drug-likeness (QED) is 0.739. The molecule has 2 fully saturated rings. The Balaban J connectivity index is 1.24. The summed E-state index contributed by atoms with van der Waals surface area (Å²) < 4.78 is 1.49. The third-order valence-corrected chi connectivity index (χ3v) is 6.44. The van der Waals surface area contributed by atoms with Gasteiger partial charge in [-0.25, -0.2) is 4.68 Å². The number of carbonyl (C=O) groups is 1. The number of aromatic nitrogens is 2. The lowest BCUT2D eigenvalue weighted by molar-refractivity contribution is -0.125. The summed E-state index contributed by atoms with van der Waals surface area (Å²) in [4.78, 5) is 29.7. The second kappa shape index (κ2) is 10.6. The Hall–Kier alpha value is -2.67. The lowest BCUT2D eigenvalue weighted by Gasteiger charge is -2.33. The monoisotopic (exact) mass is 423 g/mol. The van der Waals surface area contributed by atoms with E-state index in [9.17, 15) is 9.59 Å². The summed E-state index contributed by atoms with van der Waals surface area (Å²) in [6.07, 6.45) is 7.27. The van der Waals surface area contributed by atoms with Crippen molar-refractivity contribution in [3.8, 4) is 0 Å². The Labute approximate surface area is 184 Å². The van der Waals surface area contributed by atoms with Gasteiger partial charge >= 0.3 is 0 Å². The molecule has 1 aromatic heterocycles. The molecule has 0 aliphatic carbocycles. The molecule has 1 amide bonds. The number of nitrogens with zero attached hydrogens (tertiary/aromatic N) is 4. The van der Waals surface area contributed by atoms with Crippen LogP contribution in [0.5, 0.6) is 0 Å². The summed E-state index contributed by atoms with van der Waals surface area (Å²) >= 11 is 0. The van der Waals surface area contributed by atoms with E-state index in [0.717, 1.165) is 63.4 Å². The Bertz CT molecular complexity index is 900. The molecule has 4 rings (SSSR count). The number of likely N-dealkylation sites (tertiary alicyclic amines) is 1. The summed E-state index contributed by atoms with van der Waals surface area (Å²) in [5.41, 5.74) is 1.80. The lowest BCUT2D eigenvalue weighted by Crippen LogP contribution is -2.43. The van der Waals surface area contributed by atoms with Gasteiger partial charge in [0.2, 0.25) is 5.91 Å². The van der Waals surface area contributed by atoms with Crippen LogP contribution >= 0.6 is 0 Å². The van der Waals surface area contributed by atoms with Gasteiger partial charge in [0, 0.05) is 38.2 Å². The molecule has 0 atom stereocenters. The highest BCUT2D eigenvalue weighted by molar-refractivity contribution is 5.79. The smallest absolute Gasteiger partial charge is 0.269 e. The van der Waals surface area contributed by atoms with Crippen LogP contribution in [0.4, 0.5) is 5.69 Å². The third-order valence-electron chi connectivity index (χ3n) is 6.44. The number of piperidine rings is 2. The predicted molar refractivity (Wildman–Crippen MR) is 122 cm³/mol.